The van der Waals surface area contributed by atoms with Gasteiger partial charge in [0, 0.05) is 28.3 Å². The number of carbonyl (C=O) groups excluding carboxylic acids is 1. The third-order valence-electron chi connectivity index (χ3n) is 5.45. The Morgan fingerprint density at radius 1 is 1.11 bits per heavy atom. The van der Waals surface area contributed by atoms with Crippen LogP contribution in [-0.4, -0.2) is 12.1 Å². The summed E-state index contributed by atoms with van der Waals surface area (Å²) in [5, 5.41) is 9.64. The molecule has 0 aliphatic heterocycles. The normalized spacial score (nSPS) is 19.9. The van der Waals surface area contributed by atoms with Gasteiger partial charge in [0.05, 0.1) is 0 Å². The Labute approximate surface area is 169 Å². The highest BCUT2D eigenvalue weighted by Gasteiger charge is 2.24. The topological polar surface area (TPSA) is 53.2 Å². The van der Waals surface area contributed by atoms with E-state index in [1.807, 2.05) is 12.1 Å². The fourth-order valence-corrected chi connectivity index (χ4v) is 4.16. The number of anilines is 1. The van der Waals surface area contributed by atoms with Crippen molar-refractivity contribution in [3.8, 4) is 0 Å². The zero-order valence-electron chi connectivity index (χ0n) is 15.6. The summed E-state index contributed by atoms with van der Waals surface area (Å²) in [6.07, 6.45) is 5.73. The van der Waals surface area contributed by atoms with Gasteiger partial charge in [0.25, 0.3) is 0 Å². The number of aryl methyl sites for hydroxylation is 1. The van der Waals surface area contributed by atoms with Crippen LogP contribution in [0.5, 0.6) is 0 Å². The molecule has 0 heterocycles. The van der Waals surface area contributed by atoms with E-state index < -0.39 is 0 Å². The lowest BCUT2D eigenvalue weighted by Crippen LogP contribution is -2.30. The molecule has 2 aliphatic carbocycles. The van der Waals surface area contributed by atoms with Gasteiger partial charge in [0.2, 0.25) is 0 Å². The Bertz CT molecular complexity index is 817. The molecule has 142 valence electrons. The van der Waals surface area contributed by atoms with Crippen LogP contribution in [0.4, 0.5) is 10.5 Å². The van der Waals surface area contributed by atoms with E-state index in [1.54, 1.807) is 0 Å². The van der Waals surface area contributed by atoms with Crippen LogP contribution in [0.1, 0.15) is 61.4 Å². The van der Waals surface area contributed by atoms with Gasteiger partial charge in [-0.1, -0.05) is 34.1 Å². The fourth-order valence-electron chi connectivity index (χ4n) is 3.78. The van der Waals surface area contributed by atoms with Crippen molar-refractivity contribution in [2.75, 3.05) is 5.32 Å². The Morgan fingerprint density at radius 3 is 2.63 bits per heavy atom. The van der Waals surface area contributed by atoms with Gasteiger partial charge in [-0.05, 0) is 80.0 Å². The highest BCUT2D eigenvalue weighted by molar-refractivity contribution is 9.10. The third kappa shape index (κ3) is 4.71. The first-order valence-corrected chi connectivity index (χ1v) is 10.6. The lowest BCUT2D eigenvalue weighted by Gasteiger charge is -2.30. The molecule has 1 saturated carbocycles. The number of urea groups is 1. The molecule has 5 heteroatoms. The van der Waals surface area contributed by atoms with E-state index in [9.17, 15) is 4.79 Å². The second kappa shape index (κ2) is 8.03. The minimum atomic E-state index is -0.110. The van der Waals surface area contributed by atoms with E-state index in [-0.39, 0.29) is 12.1 Å². The van der Waals surface area contributed by atoms with Crippen molar-refractivity contribution in [2.45, 2.75) is 57.2 Å². The Balaban J connectivity index is 1.39. The highest BCUT2D eigenvalue weighted by Crippen LogP contribution is 2.33. The zero-order chi connectivity index (χ0) is 18.8. The summed E-state index contributed by atoms with van der Waals surface area (Å²) in [6.45, 7) is 2.20. The molecular formula is C22H26BrN3O. The van der Waals surface area contributed by atoms with Crippen LogP contribution >= 0.6 is 15.9 Å². The predicted octanol–water partition coefficient (Wildman–Crippen LogP) is 5.46. The minimum absolute atomic E-state index is 0.110. The molecular weight excluding hydrogens is 402 g/mol. The maximum Gasteiger partial charge on any atom is 0.319 e. The second-order valence-electron chi connectivity index (χ2n) is 7.67. The molecule has 0 spiro atoms. The van der Waals surface area contributed by atoms with Crippen molar-refractivity contribution in [1.82, 2.24) is 10.6 Å². The molecule has 4 rings (SSSR count). The Morgan fingerprint density at radius 2 is 1.89 bits per heavy atom. The van der Waals surface area contributed by atoms with Gasteiger partial charge >= 0.3 is 6.03 Å². The summed E-state index contributed by atoms with van der Waals surface area (Å²) < 4.78 is 1.14. The first-order valence-electron chi connectivity index (χ1n) is 9.80. The Hall–Kier alpha value is -1.85. The summed E-state index contributed by atoms with van der Waals surface area (Å²) in [5.41, 5.74) is 4.93. The number of amides is 2. The van der Waals surface area contributed by atoms with E-state index >= 15 is 0 Å². The van der Waals surface area contributed by atoms with Crippen LogP contribution in [0.3, 0.4) is 0 Å². The Kier molecular flexibility index (Phi) is 5.50. The van der Waals surface area contributed by atoms with Gasteiger partial charge in [-0.15, -0.1) is 0 Å². The molecule has 0 bridgehead atoms. The summed E-state index contributed by atoms with van der Waals surface area (Å²) in [7, 11) is 0. The summed E-state index contributed by atoms with van der Waals surface area (Å²) >= 11 is 3.61. The molecule has 27 heavy (non-hydrogen) atoms. The molecule has 1 fully saturated rings. The van der Waals surface area contributed by atoms with E-state index in [4.69, 9.17) is 0 Å². The molecule has 2 aromatic carbocycles. The first kappa shape index (κ1) is 18.5. The van der Waals surface area contributed by atoms with E-state index in [0.29, 0.717) is 12.1 Å². The third-order valence-corrected chi connectivity index (χ3v) is 5.95. The van der Waals surface area contributed by atoms with Crippen LogP contribution in [-0.2, 0) is 6.42 Å². The molecule has 2 aliphatic rings. The largest absolute Gasteiger partial charge is 0.335 e. The summed E-state index contributed by atoms with van der Waals surface area (Å²) in [6, 6.07) is 15.6. The predicted molar refractivity (Wildman–Crippen MR) is 113 cm³/mol. The van der Waals surface area contributed by atoms with E-state index in [1.165, 1.54) is 29.5 Å². The zero-order valence-corrected chi connectivity index (χ0v) is 17.2. The molecule has 2 atom stereocenters. The highest BCUT2D eigenvalue weighted by atomic mass is 79.9. The van der Waals surface area contributed by atoms with Gasteiger partial charge in [0.15, 0.2) is 0 Å². The number of halogens is 1. The van der Waals surface area contributed by atoms with Crippen LogP contribution in [0.2, 0.25) is 0 Å². The molecule has 3 N–H and O–H groups in total. The molecule has 0 aromatic heterocycles. The molecule has 0 radical (unpaired) electrons. The summed E-state index contributed by atoms with van der Waals surface area (Å²) in [5.74, 6) is 0. The van der Waals surface area contributed by atoms with Crippen LogP contribution < -0.4 is 16.0 Å². The van der Waals surface area contributed by atoms with Crippen LogP contribution in [0, 0.1) is 0 Å². The monoisotopic (exact) mass is 427 g/mol. The average Bonchev–Trinajstić information content (AvgIpc) is 3.46. The molecule has 2 amide bonds. The van der Waals surface area contributed by atoms with Crippen molar-refractivity contribution in [3.05, 3.63) is 63.6 Å². The number of nitrogens with one attached hydrogen (secondary N) is 3. The molecule has 4 nitrogen and oxygen atoms in total. The smallest absolute Gasteiger partial charge is 0.319 e. The molecule has 2 unspecified atom stereocenters. The van der Waals surface area contributed by atoms with Crippen LogP contribution in [0.15, 0.2) is 46.9 Å². The maximum absolute atomic E-state index is 11.9. The number of hydrogen-bond acceptors (Lipinski definition) is 2. The molecule has 0 saturated heterocycles. The summed E-state index contributed by atoms with van der Waals surface area (Å²) in [4.78, 5) is 11.9. The molecule has 2 aromatic rings. The minimum Gasteiger partial charge on any atom is -0.335 e. The van der Waals surface area contributed by atoms with Gasteiger partial charge in [-0.2, -0.15) is 0 Å². The fraction of sp³-hybridized carbons (Fsp3) is 0.409. The van der Waals surface area contributed by atoms with Crippen molar-refractivity contribution >= 4 is 27.6 Å². The quantitative estimate of drug-likeness (QED) is 0.592. The standard InChI is InChI=1S/C22H26BrN3O/c1-14(24-21-4-2-3-16-5-8-17(23)13-20(16)21)15-6-9-18(10-7-15)25-22(27)26-19-11-12-19/h5-10,13-14,19,21,24H,2-4,11-12H2,1H3,(H2,25,26,27). The average molecular weight is 428 g/mol. The van der Waals surface area contributed by atoms with Gasteiger partial charge in [0.1, 0.15) is 0 Å². The van der Waals surface area contributed by atoms with Gasteiger partial charge in [-0.3, -0.25) is 0 Å². The van der Waals surface area contributed by atoms with Crippen molar-refractivity contribution < 1.29 is 4.79 Å². The number of rotatable bonds is 5. The lowest BCUT2D eigenvalue weighted by atomic mass is 9.87. The second-order valence-corrected chi connectivity index (χ2v) is 8.59. The van der Waals surface area contributed by atoms with E-state index in [2.05, 4.69) is 69.1 Å². The number of fused-ring (bicyclic) bond motifs is 1. The van der Waals surface area contributed by atoms with Crippen molar-refractivity contribution in [1.29, 1.82) is 0 Å². The number of carbonyl (C=O) groups is 1. The lowest BCUT2D eigenvalue weighted by molar-refractivity contribution is 0.251. The number of hydrogen-bond donors (Lipinski definition) is 3. The van der Waals surface area contributed by atoms with Crippen molar-refractivity contribution in [2.24, 2.45) is 0 Å². The number of benzene rings is 2. The SMILES string of the molecule is CC(NC1CCCc2ccc(Br)cc21)c1ccc(NC(=O)NC2CC2)cc1. The van der Waals surface area contributed by atoms with Crippen LogP contribution in [0.25, 0.3) is 0 Å². The van der Waals surface area contributed by atoms with E-state index in [0.717, 1.165) is 29.4 Å². The maximum atomic E-state index is 11.9. The van der Waals surface area contributed by atoms with Crippen molar-refractivity contribution in [3.63, 3.8) is 0 Å². The first-order chi connectivity index (χ1) is 13.1. The van der Waals surface area contributed by atoms with Gasteiger partial charge < -0.3 is 16.0 Å². The van der Waals surface area contributed by atoms with Gasteiger partial charge in [-0.25, -0.2) is 4.79 Å².